The van der Waals surface area contributed by atoms with E-state index in [2.05, 4.69) is 22.3 Å². The Kier molecular flexibility index (Phi) is 20.9. The standard InChI is InChI=1S/C12H24N4O3.C6H7FO2.CH4.2FH.H2/c1-3-6-16-11(8-18)12(14-16)15(2)10-19-9-13-5-4-7-17;7-9-6-3-1-2-5(8)4-6;;;;/h8,13-14,17H,3-7,9-10H2,1-2H3;2,4,8H,1,3H2;1H4;3*1H. The monoisotopic (exact) mass is 460 g/mol. The second-order valence-electron chi connectivity index (χ2n) is 6.22. The van der Waals surface area contributed by atoms with E-state index in [-0.39, 0.29) is 36.4 Å². The predicted molar refractivity (Wildman–Crippen MR) is 117 cm³/mol. The Morgan fingerprint density at radius 1 is 1.45 bits per heavy atom. The first kappa shape index (κ1) is 33.2. The second-order valence-corrected chi connectivity index (χ2v) is 6.22. The summed E-state index contributed by atoms with van der Waals surface area (Å²) in [6.07, 6.45) is 6.60. The Hall–Kier alpha value is -2.44. The van der Waals surface area contributed by atoms with E-state index in [1.54, 1.807) is 6.08 Å². The second kappa shape index (κ2) is 19.5. The fourth-order valence-electron chi connectivity index (χ4n) is 2.44. The zero-order chi connectivity index (χ0) is 20.8. The number of aromatic amines is 1. The highest BCUT2D eigenvalue weighted by Crippen LogP contribution is 2.18. The quantitative estimate of drug-likeness (QED) is 0.214. The van der Waals surface area contributed by atoms with Crippen molar-refractivity contribution in [1.82, 2.24) is 15.1 Å². The van der Waals surface area contributed by atoms with E-state index in [1.807, 2.05) is 16.6 Å². The van der Waals surface area contributed by atoms with Crippen molar-refractivity contribution >= 4 is 12.1 Å². The lowest BCUT2D eigenvalue weighted by Crippen LogP contribution is -2.32. The molecule has 0 saturated heterocycles. The highest BCUT2D eigenvalue weighted by molar-refractivity contribution is 5.81. The van der Waals surface area contributed by atoms with Gasteiger partial charge >= 0.3 is 0 Å². The van der Waals surface area contributed by atoms with Crippen LogP contribution in [0.2, 0.25) is 0 Å². The number of nitrogens with zero attached hydrogens (tertiary/aromatic N) is 2. The van der Waals surface area contributed by atoms with Crippen LogP contribution in [-0.4, -0.2) is 59.9 Å². The number of ether oxygens (including phenoxy) is 1. The van der Waals surface area contributed by atoms with E-state index in [4.69, 9.17) is 14.9 Å². The minimum Gasteiger partial charge on any atom is -0.508 e. The number of rotatable bonds is 12. The summed E-state index contributed by atoms with van der Waals surface area (Å²) in [6, 6.07) is 0. The number of H-pyrrole nitrogens is 1. The zero-order valence-corrected chi connectivity index (χ0v) is 17.3. The Morgan fingerprint density at radius 3 is 2.68 bits per heavy atom. The molecular formula is C19H39F3N4O5. The number of hydrogen-bond acceptors (Lipinski definition) is 7. The molecule has 4 N–H and O–H groups in total. The highest BCUT2D eigenvalue weighted by atomic mass is 19.3. The van der Waals surface area contributed by atoms with Crippen LogP contribution in [0.4, 0.5) is 19.8 Å². The van der Waals surface area contributed by atoms with Crippen molar-refractivity contribution in [3.05, 3.63) is 29.4 Å². The number of anilines is 1. The first-order chi connectivity index (χ1) is 13.6. The normalized spacial score (nSPS) is 12.0. The minimum atomic E-state index is 0. The summed E-state index contributed by atoms with van der Waals surface area (Å²) >= 11 is 0. The van der Waals surface area contributed by atoms with Crippen LogP contribution in [0, 0.1) is 0 Å². The number of aryl methyl sites for hydroxylation is 1. The Bertz CT molecular complexity index is 642. The number of aromatic nitrogens is 2. The third kappa shape index (κ3) is 12.1. The maximum Gasteiger partial charge on any atom is 0.171 e. The summed E-state index contributed by atoms with van der Waals surface area (Å²) in [5.74, 6) is 1.06. The number of aldehydes is 1. The first-order valence-corrected chi connectivity index (χ1v) is 9.29. The molecule has 12 heteroatoms. The number of allylic oxidation sites excluding steroid dienone is 3. The Balaban J connectivity index is -0.000000259. The number of nitrogens with one attached hydrogen (secondary N) is 2. The molecule has 0 aromatic carbocycles. The van der Waals surface area contributed by atoms with Crippen LogP contribution in [0.3, 0.4) is 0 Å². The summed E-state index contributed by atoms with van der Waals surface area (Å²) in [5, 5.41) is 23.5. The summed E-state index contributed by atoms with van der Waals surface area (Å²) < 4.78 is 18.6. The maximum absolute atomic E-state index is 11.3. The van der Waals surface area contributed by atoms with Crippen molar-refractivity contribution in [3.63, 3.8) is 0 Å². The van der Waals surface area contributed by atoms with Gasteiger partial charge in [0.2, 0.25) is 0 Å². The summed E-state index contributed by atoms with van der Waals surface area (Å²) in [5.41, 5.74) is 0.668. The van der Waals surface area contributed by atoms with Crippen LogP contribution >= 0.6 is 0 Å². The van der Waals surface area contributed by atoms with E-state index >= 15 is 0 Å². The molecule has 31 heavy (non-hydrogen) atoms. The van der Waals surface area contributed by atoms with Crippen molar-refractivity contribution in [2.45, 2.75) is 46.6 Å². The van der Waals surface area contributed by atoms with Crippen LogP contribution in [-0.2, 0) is 16.2 Å². The van der Waals surface area contributed by atoms with Crippen molar-refractivity contribution in [1.29, 1.82) is 0 Å². The molecular weight excluding hydrogens is 421 g/mol. The third-order valence-corrected chi connectivity index (χ3v) is 3.87. The molecule has 186 valence electrons. The molecule has 0 unspecified atom stereocenters. The number of carbonyl (C=O) groups excluding carboxylic acids is 1. The fourth-order valence-corrected chi connectivity index (χ4v) is 2.44. The van der Waals surface area contributed by atoms with E-state index in [1.165, 1.54) is 6.08 Å². The number of hydrogen-bond donors (Lipinski definition) is 4. The SMILES string of the molecule is C.CCCn1[nH]c(N(C)COCNCCCO)c1C=O.F.F.OC1=CCCC(OF)=C1.[HH]. The molecule has 1 aromatic heterocycles. The lowest BCUT2D eigenvalue weighted by Gasteiger charge is -2.27. The molecule has 0 bridgehead atoms. The van der Waals surface area contributed by atoms with Gasteiger partial charge in [0.15, 0.2) is 17.9 Å². The van der Waals surface area contributed by atoms with Crippen molar-refractivity contribution in [2.75, 3.05) is 38.6 Å². The lowest BCUT2D eigenvalue weighted by atomic mass is 10.1. The molecule has 1 heterocycles. The molecule has 0 spiro atoms. The van der Waals surface area contributed by atoms with Gasteiger partial charge in [0.1, 0.15) is 18.2 Å². The van der Waals surface area contributed by atoms with Crippen LogP contribution in [0.25, 0.3) is 0 Å². The topological polar surface area (TPSA) is 112 Å². The molecule has 0 saturated carbocycles. The third-order valence-electron chi connectivity index (χ3n) is 3.87. The number of carbonyl (C=O) groups is 1. The van der Waals surface area contributed by atoms with Crippen molar-refractivity contribution in [3.8, 4) is 0 Å². The van der Waals surface area contributed by atoms with Gasteiger partial charge in [-0.2, -0.15) is 0 Å². The maximum atomic E-state index is 11.3. The molecule has 0 fully saturated rings. The van der Waals surface area contributed by atoms with Crippen LogP contribution < -0.4 is 10.2 Å². The fraction of sp³-hybridized carbons (Fsp3) is 0.632. The highest BCUT2D eigenvalue weighted by Gasteiger charge is 2.16. The molecule has 1 aliphatic rings. The molecule has 9 nitrogen and oxygen atoms in total. The minimum absolute atomic E-state index is 0. The number of aliphatic hydroxyl groups is 2. The van der Waals surface area contributed by atoms with Crippen molar-refractivity contribution < 1.29 is 40.0 Å². The molecule has 2 rings (SSSR count). The number of halogens is 3. The average Bonchev–Trinajstić information content (AvgIpc) is 2.68. The number of aliphatic hydroxyl groups excluding tert-OH is 2. The zero-order valence-electron chi connectivity index (χ0n) is 17.3. The Morgan fingerprint density at radius 2 is 2.16 bits per heavy atom. The summed E-state index contributed by atoms with van der Waals surface area (Å²) in [6.45, 7) is 4.60. The lowest BCUT2D eigenvalue weighted by molar-refractivity contribution is -0.0874. The smallest absolute Gasteiger partial charge is 0.171 e. The molecule has 0 amide bonds. The van der Waals surface area contributed by atoms with Gasteiger partial charge in [-0.15, -0.1) is 0 Å². The van der Waals surface area contributed by atoms with Gasteiger partial charge < -0.3 is 19.8 Å². The van der Waals surface area contributed by atoms with Crippen LogP contribution in [0.15, 0.2) is 23.7 Å². The van der Waals surface area contributed by atoms with Gasteiger partial charge in [-0.25, -0.2) is 0 Å². The molecule has 0 atom stereocenters. The average molecular weight is 461 g/mol. The van der Waals surface area contributed by atoms with Gasteiger partial charge in [-0.3, -0.25) is 34.2 Å². The van der Waals surface area contributed by atoms with Gasteiger partial charge in [-0.1, -0.05) is 14.4 Å². The summed E-state index contributed by atoms with van der Waals surface area (Å²) in [4.78, 5) is 16.3. The molecule has 1 aromatic rings. The predicted octanol–water partition coefficient (Wildman–Crippen LogP) is 3.57. The van der Waals surface area contributed by atoms with E-state index < -0.39 is 0 Å². The summed E-state index contributed by atoms with van der Waals surface area (Å²) in [7, 11) is 1.86. The van der Waals surface area contributed by atoms with E-state index in [9.17, 15) is 9.32 Å². The first-order valence-electron chi connectivity index (χ1n) is 9.29. The van der Waals surface area contributed by atoms with Crippen molar-refractivity contribution in [2.24, 2.45) is 0 Å². The Labute approximate surface area is 182 Å². The largest absolute Gasteiger partial charge is 0.508 e. The van der Waals surface area contributed by atoms with E-state index in [0.717, 1.165) is 31.6 Å². The van der Waals surface area contributed by atoms with Gasteiger partial charge in [0.25, 0.3) is 0 Å². The van der Waals surface area contributed by atoms with Gasteiger partial charge in [0, 0.05) is 38.6 Å². The molecule has 0 aliphatic heterocycles. The van der Waals surface area contributed by atoms with Gasteiger partial charge in [0.05, 0.1) is 6.73 Å². The van der Waals surface area contributed by atoms with Gasteiger partial charge in [-0.05, 0) is 31.9 Å². The van der Waals surface area contributed by atoms with Crippen LogP contribution in [0.1, 0.15) is 51.9 Å². The molecule has 1 aliphatic carbocycles. The molecule has 0 radical (unpaired) electrons. The van der Waals surface area contributed by atoms with Crippen LogP contribution in [0.5, 0.6) is 0 Å². The van der Waals surface area contributed by atoms with E-state index in [0.29, 0.717) is 38.4 Å².